The molecule has 50 heavy (non-hydrogen) atoms. The van der Waals surface area contributed by atoms with Gasteiger partial charge in [0.1, 0.15) is 12.2 Å². The molecule has 0 spiro atoms. The van der Waals surface area contributed by atoms with Gasteiger partial charge in [0.25, 0.3) is 0 Å². The summed E-state index contributed by atoms with van der Waals surface area (Å²) < 4.78 is 12.4. The monoisotopic (exact) mass is 744 g/mol. The molecular weight excluding hydrogens is 697 g/mol. The van der Waals surface area contributed by atoms with Crippen LogP contribution in [-0.4, -0.2) is 22.4 Å². The van der Waals surface area contributed by atoms with E-state index in [-0.39, 0.29) is 24.1 Å². The summed E-state index contributed by atoms with van der Waals surface area (Å²) in [6, 6.07) is 25.6. The van der Waals surface area contributed by atoms with Crippen molar-refractivity contribution in [2.75, 3.05) is 0 Å². The van der Waals surface area contributed by atoms with E-state index >= 15 is 0 Å². The zero-order valence-corrected chi connectivity index (χ0v) is 32.4. The second kappa shape index (κ2) is 16.9. The fourth-order valence-electron chi connectivity index (χ4n) is 7.63. The number of fused-ring (bicyclic) bond motifs is 6. The zero-order chi connectivity index (χ0) is 34.5. The van der Waals surface area contributed by atoms with Crippen LogP contribution < -0.4 is 0 Å². The van der Waals surface area contributed by atoms with Gasteiger partial charge in [-0.1, -0.05) is 100 Å². The van der Waals surface area contributed by atoms with E-state index in [1.165, 1.54) is 53.3 Å². The number of unbranched alkanes of at least 4 members (excludes halogenated alkanes) is 4. The van der Waals surface area contributed by atoms with Gasteiger partial charge in [-0.05, 0) is 48.9 Å². The second-order valence-corrected chi connectivity index (χ2v) is 18.8. The maximum Gasteiger partial charge on any atom is 0.306 e. The van der Waals surface area contributed by atoms with Gasteiger partial charge in [0, 0.05) is 77.3 Å². The van der Waals surface area contributed by atoms with Crippen LogP contribution in [0.4, 0.5) is 0 Å². The molecule has 0 amide bonds. The third-order valence-electron chi connectivity index (χ3n) is 10.3. The Balaban J connectivity index is 1.05. The predicted molar refractivity (Wildman–Crippen MR) is 209 cm³/mol. The van der Waals surface area contributed by atoms with E-state index in [4.69, 9.17) is 9.47 Å². The van der Waals surface area contributed by atoms with E-state index in [9.17, 15) is 9.59 Å². The number of benzene rings is 2. The fraction of sp³-hybridized carbons (Fsp3) is 0.476. The lowest BCUT2D eigenvalue weighted by molar-refractivity contribution is -0.150. The van der Waals surface area contributed by atoms with Gasteiger partial charge in [-0.2, -0.15) is 0 Å². The van der Waals surface area contributed by atoms with E-state index in [0.717, 1.165) is 38.5 Å². The van der Waals surface area contributed by atoms with E-state index < -0.39 is 0 Å². The number of carbonyl (C=O) groups is 2. The highest BCUT2D eigenvalue weighted by Gasteiger charge is 2.49. The molecule has 0 saturated heterocycles. The predicted octanol–water partition coefficient (Wildman–Crippen LogP) is 12.2. The summed E-state index contributed by atoms with van der Waals surface area (Å²) in [5.41, 5.74) is 2.40. The molecule has 2 aliphatic heterocycles. The van der Waals surface area contributed by atoms with Crippen LogP contribution in [0.25, 0.3) is 0 Å². The summed E-state index contributed by atoms with van der Waals surface area (Å²) in [4.78, 5) is 34.0. The molecule has 264 valence electrons. The van der Waals surface area contributed by atoms with Crippen LogP contribution in [0.2, 0.25) is 0 Å². The Morgan fingerprint density at radius 1 is 0.640 bits per heavy atom. The average molecular weight is 745 g/mol. The van der Waals surface area contributed by atoms with Gasteiger partial charge in [-0.3, -0.25) is 9.59 Å². The smallest absolute Gasteiger partial charge is 0.306 e. The van der Waals surface area contributed by atoms with E-state index in [1.54, 1.807) is 0 Å². The zero-order valence-electron chi connectivity index (χ0n) is 29.1. The highest BCUT2D eigenvalue weighted by atomic mass is 32.2. The first kappa shape index (κ1) is 35.9. The Labute approximate surface area is 314 Å². The van der Waals surface area contributed by atoms with Crippen LogP contribution in [0.3, 0.4) is 0 Å². The summed E-state index contributed by atoms with van der Waals surface area (Å²) in [5, 5.41) is 1.15. The second-order valence-electron chi connectivity index (χ2n) is 14.0. The van der Waals surface area contributed by atoms with Gasteiger partial charge in [0.05, 0.1) is 0 Å². The molecule has 6 unspecified atom stereocenters. The minimum atomic E-state index is -0.242. The van der Waals surface area contributed by atoms with Crippen LogP contribution in [-0.2, 0) is 31.9 Å². The Kier molecular flexibility index (Phi) is 12.1. The molecule has 4 nitrogen and oxygen atoms in total. The summed E-state index contributed by atoms with van der Waals surface area (Å²) in [5.74, 6) is 0.931. The molecule has 8 heteroatoms. The molecule has 3 aliphatic rings. The first-order valence-electron chi connectivity index (χ1n) is 18.6. The molecule has 0 radical (unpaired) electrons. The number of ether oxygens (including phenoxy) is 2. The summed E-state index contributed by atoms with van der Waals surface area (Å²) in [6.07, 6.45) is 10.3. The van der Waals surface area contributed by atoms with Gasteiger partial charge in [-0.25, -0.2) is 0 Å². The van der Waals surface area contributed by atoms with Crippen molar-refractivity contribution in [3.05, 3.63) is 103 Å². The van der Waals surface area contributed by atoms with Gasteiger partial charge in [-0.15, -0.1) is 46.2 Å². The van der Waals surface area contributed by atoms with Crippen molar-refractivity contribution >= 4 is 58.1 Å². The van der Waals surface area contributed by atoms with E-state index in [1.807, 2.05) is 34.8 Å². The van der Waals surface area contributed by atoms with Crippen molar-refractivity contribution in [3.8, 4) is 0 Å². The molecule has 2 aromatic heterocycles. The maximum absolute atomic E-state index is 12.9. The Morgan fingerprint density at radius 3 is 1.46 bits per heavy atom. The molecule has 0 N–H and O–H groups in total. The van der Waals surface area contributed by atoms with Gasteiger partial charge in [0.2, 0.25) is 0 Å². The molecule has 2 aromatic carbocycles. The third-order valence-corrected chi connectivity index (χ3v) is 16.1. The molecule has 4 aromatic rings. The van der Waals surface area contributed by atoms with Crippen molar-refractivity contribution in [2.24, 2.45) is 0 Å². The molecule has 6 atom stereocenters. The first-order valence-corrected chi connectivity index (χ1v) is 22.0. The van der Waals surface area contributed by atoms with Crippen molar-refractivity contribution in [1.82, 2.24) is 0 Å². The summed E-state index contributed by atoms with van der Waals surface area (Å²) >= 11 is 7.89. The molecule has 7 rings (SSSR count). The number of hydrogen-bond acceptors (Lipinski definition) is 8. The lowest BCUT2D eigenvalue weighted by atomic mass is 9.80. The van der Waals surface area contributed by atoms with Gasteiger partial charge in [0.15, 0.2) is 0 Å². The molecule has 0 bridgehead atoms. The molecule has 1 fully saturated rings. The first-order chi connectivity index (χ1) is 24.5. The Morgan fingerprint density at radius 2 is 1.06 bits per heavy atom. The minimum absolute atomic E-state index is 0.0795. The number of thiophene rings is 2. The van der Waals surface area contributed by atoms with Gasteiger partial charge < -0.3 is 9.47 Å². The van der Waals surface area contributed by atoms with Crippen molar-refractivity contribution in [3.63, 3.8) is 0 Å². The summed E-state index contributed by atoms with van der Waals surface area (Å²) in [7, 11) is 0. The number of rotatable bonds is 16. The van der Waals surface area contributed by atoms with Crippen molar-refractivity contribution in [1.29, 1.82) is 0 Å². The number of hydrogen-bond donors (Lipinski definition) is 0. The topological polar surface area (TPSA) is 52.6 Å². The standard InChI is InChI=1S/C42H48O4S4/c1-3-5-9-19-39(43)45-31(21-27-15-11-7-12-16-27)35-25-37-41(49-35)29-23-34-30(24-33(29)47-37)42-38(48-34)26-36(50-42)32(22-28-17-13-8-14-18-28)46-40(44)20-10-6-4-2/h7-8,11-18,25-26,29-34H,3-6,9-10,19-24H2,1-2H3. The van der Waals surface area contributed by atoms with Crippen LogP contribution in [0.5, 0.6) is 0 Å². The lowest BCUT2D eigenvalue weighted by Crippen LogP contribution is -2.28. The maximum atomic E-state index is 12.9. The largest absolute Gasteiger partial charge is 0.456 e. The molecule has 1 aliphatic carbocycles. The van der Waals surface area contributed by atoms with Crippen LogP contribution in [0.1, 0.15) is 133 Å². The van der Waals surface area contributed by atoms with Gasteiger partial charge >= 0.3 is 11.9 Å². The summed E-state index contributed by atoms with van der Waals surface area (Å²) in [6.45, 7) is 4.32. The molecular formula is C42H48O4S4. The number of carbonyl (C=O) groups excluding carboxylic acids is 2. The fourth-order valence-corrected chi connectivity index (χ4v) is 14.0. The quantitative estimate of drug-likeness (QED) is 0.0841. The highest BCUT2D eigenvalue weighted by molar-refractivity contribution is 8.01. The SMILES string of the molecule is CCCCCC(=O)OC(Cc1ccccc1)c1cc2c(s1)C1CC3Sc4cc(C(Cc5ccccc5)OC(=O)CCCCC)sc4C3CC1S2. The van der Waals surface area contributed by atoms with Crippen molar-refractivity contribution < 1.29 is 19.1 Å². The molecule has 1 saturated carbocycles. The van der Waals surface area contributed by atoms with E-state index in [0.29, 0.717) is 48.0 Å². The normalized spacial score (nSPS) is 21.5. The average Bonchev–Trinajstić information content (AvgIpc) is 3.88. The lowest BCUT2D eigenvalue weighted by Gasteiger charge is -2.34. The minimum Gasteiger partial charge on any atom is -0.456 e. The van der Waals surface area contributed by atoms with Crippen LogP contribution >= 0.6 is 46.2 Å². The molecule has 4 heterocycles. The van der Waals surface area contributed by atoms with Crippen molar-refractivity contribution in [2.45, 2.75) is 135 Å². The number of thioether (sulfide) groups is 2. The highest BCUT2D eigenvalue weighted by Crippen LogP contribution is 2.64. The third kappa shape index (κ3) is 8.40. The van der Waals surface area contributed by atoms with Crippen LogP contribution in [0, 0.1) is 0 Å². The van der Waals surface area contributed by atoms with Crippen LogP contribution in [0.15, 0.2) is 82.6 Å². The van der Waals surface area contributed by atoms with E-state index in [2.05, 4.69) is 98.0 Å². The Hall–Kier alpha value is -2.52. The number of esters is 2. The Bertz CT molecular complexity index is 1600.